The molecule has 6 amide bonds. The Kier molecular flexibility index (Phi) is 12.8. The van der Waals surface area contributed by atoms with E-state index in [-0.39, 0.29) is 31.7 Å². The van der Waals surface area contributed by atoms with E-state index in [1.807, 2.05) is 0 Å². The zero-order valence-corrected chi connectivity index (χ0v) is 26.5. The van der Waals surface area contributed by atoms with Crippen LogP contribution in [0.5, 0.6) is 0 Å². The van der Waals surface area contributed by atoms with Gasteiger partial charge in [-0.15, -0.1) is 0 Å². The van der Waals surface area contributed by atoms with Gasteiger partial charge in [-0.3, -0.25) is 38.4 Å². The maximum absolute atomic E-state index is 13.8. The third-order valence-corrected chi connectivity index (χ3v) is 7.85. The molecule has 2 aliphatic heterocycles. The first-order valence-electron chi connectivity index (χ1n) is 15.5. The molecule has 2 saturated heterocycles. The van der Waals surface area contributed by atoms with Crippen molar-refractivity contribution in [3.63, 3.8) is 0 Å². The minimum atomic E-state index is -1.66. The van der Waals surface area contributed by atoms with E-state index in [1.165, 1.54) is 6.92 Å². The Morgan fingerprint density at radius 3 is 1.89 bits per heavy atom. The Morgan fingerprint density at radius 2 is 1.28 bits per heavy atom. The van der Waals surface area contributed by atoms with Crippen LogP contribution in [-0.2, 0) is 44.8 Å². The quantitative estimate of drug-likeness (QED) is 0.174. The van der Waals surface area contributed by atoms with Crippen molar-refractivity contribution in [1.29, 1.82) is 0 Å². The summed E-state index contributed by atoms with van der Waals surface area (Å²) in [6, 6.07) is 0.540. The highest BCUT2D eigenvalue weighted by Gasteiger charge is 2.41. The Balaban J connectivity index is 2.06. The molecule has 6 atom stereocenters. The molecule has 1 aromatic carbocycles. The second-order valence-electron chi connectivity index (χ2n) is 12.2. The highest BCUT2D eigenvalue weighted by atomic mass is 16.4. The first kappa shape index (κ1) is 36.4. The lowest BCUT2D eigenvalue weighted by molar-refractivity contribution is -0.146. The van der Waals surface area contributed by atoms with Crippen LogP contribution in [-0.4, -0.2) is 105 Å². The third-order valence-electron chi connectivity index (χ3n) is 7.85. The number of fused-ring (bicyclic) bond motifs is 1. The minimum absolute atomic E-state index is 0.00866. The summed E-state index contributed by atoms with van der Waals surface area (Å²) >= 11 is 0. The summed E-state index contributed by atoms with van der Waals surface area (Å²) in [6.07, 6.45) is -0.988. The molecule has 2 aliphatic rings. The van der Waals surface area contributed by atoms with Gasteiger partial charge in [0, 0.05) is 13.0 Å². The monoisotopic (exact) mass is 658 g/mol. The van der Waals surface area contributed by atoms with E-state index in [9.17, 15) is 48.6 Å². The molecule has 1 aromatic rings. The van der Waals surface area contributed by atoms with Gasteiger partial charge in [0.15, 0.2) is 0 Å². The van der Waals surface area contributed by atoms with E-state index >= 15 is 0 Å². The molecule has 0 radical (unpaired) electrons. The molecular weight excluding hydrogens is 616 g/mol. The number of carbonyl (C=O) groups excluding carboxylic acids is 6. The van der Waals surface area contributed by atoms with Gasteiger partial charge >= 0.3 is 11.9 Å². The van der Waals surface area contributed by atoms with Gasteiger partial charge in [-0.25, -0.2) is 0 Å². The number of amides is 6. The molecule has 3 rings (SSSR count). The van der Waals surface area contributed by atoms with Crippen molar-refractivity contribution in [3.05, 3.63) is 35.9 Å². The number of aliphatic carboxylic acids is 2. The van der Waals surface area contributed by atoms with Gasteiger partial charge in [0.2, 0.25) is 35.4 Å². The second kappa shape index (κ2) is 16.5. The highest BCUT2D eigenvalue weighted by molar-refractivity contribution is 5.99. The van der Waals surface area contributed by atoms with Gasteiger partial charge in [-0.2, -0.15) is 0 Å². The standard InChI is InChI=1S/C31H42N6O10/c1-16(2)12-19-28(44)34-21(14-24(38)39)27(43)32-17(3)26(42)36-22(15-25(40)41)31(47)37-11-7-10-23(37)30(46)35-20(29(45)33-19)13-18-8-5-4-6-9-18/h4-6,8-9,16-17,19-23H,7,10-15H2,1-3H3,(H,32,43)(H,33,45)(H,34,44)(H,35,46)(H,36,42)(H,38,39)(H,40,41)/t17?,19-,20-,21-,22-,23+/m0/s1. The summed E-state index contributed by atoms with van der Waals surface area (Å²) in [7, 11) is 0. The zero-order chi connectivity index (χ0) is 34.8. The Bertz CT molecular complexity index is 1370. The van der Waals surface area contributed by atoms with Crippen molar-refractivity contribution < 1.29 is 48.6 Å². The molecule has 2 heterocycles. The molecular formula is C31H42N6O10. The highest BCUT2D eigenvalue weighted by Crippen LogP contribution is 2.20. The fourth-order valence-corrected chi connectivity index (χ4v) is 5.51. The van der Waals surface area contributed by atoms with Gasteiger partial charge in [0.25, 0.3) is 0 Å². The van der Waals surface area contributed by atoms with Gasteiger partial charge in [0.05, 0.1) is 12.8 Å². The number of carboxylic acids is 2. The lowest BCUT2D eigenvalue weighted by atomic mass is 10.00. The summed E-state index contributed by atoms with van der Waals surface area (Å²) in [4.78, 5) is 105. The summed E-state index contributed by atoms with van der Waals surface area (Å²) < 4.78 is 0. The fourth-order valence-electron chi connectivity index (χ4n) is 5.51. The largest absolute Gasteiger partial charge is 0.481 e. The average molecular weight is 659 g/mol. The maximum Gasteiger partial charge on any atom is 0.305 e. The van der Waals surface area contributed by atoms with E-state index < -0.39 is 96.5 Å². The summed E-state index contributed by atoms with van der Waals surface area (Å²) in [5, 5.41) is 31.2. The van der Waals surface area contributed by atoms with E-state index in [0.717, 1.165) is 4.90 Å². The number of nitrogens with zero attached hydrogens (tertiary/aromatic N) is 1. The van der Waals surface area contributed by atoms with Gasteiger partial charge in [-0.05, 0) is 37.7 Å². The number of rotatable bonds is 8. The molecule has 256 valence electrons. The molecule has 16 nitrogen and oxygen atoms in total. The Morgan fingerprint density at radius 1 is 0.745 bits per heavy atom. The van der Waals surface area contributed by atoms with E-state index in [0.29, 0.717) is 12.0 Å². The molecule has 0 bridgehead atoms. The lowest BCUT2D eigenvalue weighted by Gasteiger charge is -2.31. The van der Waals surface area contributed by atoms with Gasteiger partial charge in [-0.1, -0.05) is 44.2 Å². The molecule has 16 heteroatoms. The van der Waals surface area contributed by atoms with Crippen molar-refractivity contribution >= 4 is 47.4 Å². The van der Waals surface area contributed by atoms with Crippen molar-refractivity contribution in [2.24, 2.45) is 5.92 Å². The van der Waals surface area contributed by atoms with Crippen LogP contribution in [0.2, 0.25) is 0 Å². The Hall–Kier alpha value is -5.02. The molecule has 0 saturated carbocycles. The second-order valence-corrected chi connectivity index (χ2v) is 12.2. The van der Waals surface area contributed by atoms with Crippen molar-refractivity contribution in [2.75, 3.05) is 6.54 Å². The SMILES string of the molecule is CC(C)C[C@@H]1NC(=O)[C@H](Cc2ccccc2)NC(=O)[C@H]2CCCN2C(=O)[C@H](CC(=O)O)NC(=O)C(C)NC(=O)[C@H](CC(=O)O)NC1=O. The van der Waals surface area contributed by atoms with Crippen LogP contribution in [0.1, 0.15) is 58.4 Å². The molecule has 47 heavy (non-hydrogen) atoms. The normalized spacial score (nSPS) is 26.6. The molecule has 2 fully saturated rings. The van der Waals surface area contributed by atoms with Crippen molar-refractivity contribution in [2.45, 2.75) is 95.5 Å². The Labute approximate surface area is 271 Å². The van der Waals surface area contributed by atoms with Crippen LogP contribution < -0.4 is 26.6 Å². The number of hydrogen-bond acceptors (Lipinski definition) is 8. The topological polar surface area (TPSA) is 240 Å². The van der Waals surface area contributed by atoms with Crippen LogP contribution in [0.25, 0.3) is 0 Å². The summed E-state index contributed by atoms with van der Waals surface area (Å²) in [6.45, 7) is 4.89. The van der Waals surface area contributed by atoms with E-state index in [1.54, 1.807) is 44.2 Å². The van der Waals surface area contributed by atoms with Crippen molar-refractivity contribution in [3.8, 4) is 0 Å². The first-order valence-corrected chi connectivity index (χ1v) is 15.5. The predicted molar refractivity (Wildman–Crippen MR) is 164 cm³/mol. The summed E-state index contributed by atoms with van der Waals surface area (Å²) in [5.74, 6) is -8.08. The number of carboxylic acid groups (broad SMARTS) is 2. The maximum atomic E-state index is 13.8. The van der Waals surface area contributed by atoms with Crippen LogP contribution in [0, 0.1) is 5.92 Å². The number of carbonyl (C=O) groups is 8. The molecule has 0 aliphatic carbocycles. The van der Waals surface area contributed by atoms with Gasteiger partial charge in [0.1, 0.15) is 36.3 Å². The van der Waals surface area contributed by atoms with E-state index in [4.69, 9.17) is 0 Å². The predicted octanol–water partition coefficient (Wildman–Crippen LogP) is -1.33. The molecule has 1 unspecified atom stereocenters. The lowest BCUT2D eigenvalue weighted by Crippen LogP contribution is -2.61. The first-order chi connectivity index (χ1) is 22.2. The van der Waals surface area contributed by atoms with Crippen LogP contribution in [0.15, 0.2) is 30.3 Å². The van der Waals surface area contributed by atoms with Crippen molar-refractivity contribution in [1.82, 2.24) is 31.5 Å². The van der Waals surface area contributed by atoms with Gasteiger partial charge < -0.3 is 41.7 Å². The number of hydrogen-bond donors (Lipinski definition) is 7. The smallest absolute Gasteiger partial charge is 0.305 e. The average Bonchev–Trinajstić information content (AvgIpc) is 3.49. The summed E-state index contributed by atoms with van der Waals surface area (Å²) in [5.41, 5.74) is 0.677. The van der Waals surface area contributed by atoms with E-state index in [2.05, 4.69) is 26.6 Å². The molecule has 0 aromatic heterocycles. The van der Waals surface area contributed by atoms with Crippen LogP contribution in [0.3, 0.4) is 0 Å². The molecule has 0 spiro atoms. The zero-order valence-electron chi connectivity index (χ0n) is 26.5. The number of benzene rings is 1. The number of nitrogens with one attached hydrogen (secondary N) is 5. The molecule has 7 N–H and O–H groups in total. The minimum Gasteiger partial charge on any atom is -0.481 e. The third kappa shape index (κ3) is 10.5. The van der Waals surface area contributed by atoms with Crippen LogP contribution in [0.4, 0.5) is 0 Å². The fraction of sp³-hybridized carbons (Fsp3) is 0.548. The van der Waals surface area contributed by atoms with Crippen LogP contribution >= 0.6 is 0 Å².